The molecule has 0 unspecified atom stereocenters. The van der Waals surface area contributed by atoms with Crippen molar-refractivity contribution in [1.29, 1.82) is 0 Å². The fraction of sp³-hybridized carbons (Fsp3) is 0.294. The van der Waals surface area contributed by atoms with E-state index in [1.807, 2.05) is 6.07 Å². The number of aryl methyl sites for hydroxylation is 2. The number of hydrogen-bond donors (Lipinski definition) is 1. The minimum Gasteiger partial charge on any atom is -0.488 e. The molecule has 0 amide bonds. The molecular weight excluding hydrogens is 268 g/mol. The van der Waals surface area contributed by atoms with Gasteiger partial charge in [0, 0.05) is 11.6 Å². The Morgan fingerprint density at radius 2 is 1.81 bits per heavy atom. The van der Waals surface area contributed by atoms with Crippen molar-refractivity contribution in [2.45, 2.75) is 27.1 Å². The van der Waals surface area contributed by atoms with Gasteiger partial charge in [-0.2, -0.15) is 0 Å². The van der Waals surface area contributed by atoms with Crippen LogP contribution in [0.25, 0.3) is 0 Å². The first-order valence-electron chi connectivity index (χ1n) is 6.89. The summed E-state index contributed by atoms with van der Waals surface area (Å²) in [5, 5.41) is 9.45. The predicted molar refractivity (Wildman–Crippen MR) is 78.7 cm³/mol. The molecule has 4 heteroatoms. The van der Waals surface area contributed by atoms with Crippen LogP contribution >= 0.6 is 0 Å². The molecule has 0 spiro atoms. The summed E-state index contributed by atoms with van der Waals surface area (Å²) in [5.41, 5.74) is 4.30. The lowest BCUT2D eigenvalue weighted by molar-refractivity contribution is 0.173. The van der Waals surface area contributed by atoms with Gasteiger partial charge in [-0.25, -0.2) is 0 Å². The normalized spacial score (nSPS) is 12.5. The minimum atomic E-state index is -0.0983. The van der Waals surface area contributed by atoms with E-state index >= 15 is 0 Å². The average molecular weight is 286 g/mol. The van der Waals surface area contributed by atoms with Crippen molar-refractivity contribution < 1.29 is 19.3 Å². The zero-order valence-corrected chi connectivity index (χ0v) is 12.2. The molecule has 0 aromatic heterocycles. The van der Waals surface area contributed by atoms with Crippen LogP contribution in [0, 0.1) is 13.8 Å². The van der Waals surface area contributed by atoms with E-state index in [9.17, 15) is 5.11 Å². The molecule has 0 radical (unpaired) electrons. The number of benzene rings is 2. The van der Waals surface area contributed by atoms with Crippen molar-refractivity contribution in [2.24, 2.45) is 0 Å². The van der Waals surface area contributed by atoms with Gasteiger partial charge >= 0.3 is 0 Å². The lowest BCUT2D eigenvalue weighted by Gasteiger charge is -2.12. The van der Waals surface area contributed by atoms with Crippen molar-refractivity contribution in [3.63, 3.8) is 0 Å². The molecule has 3 rings (SSSR count). The fourth-order valence-corrected chi connectivity index (χ4v) is 2.28. The third kappa shape index (κ3) is 2.81. The highest BCUT2D eigenvalue weighted by atomic mass is 16.7. The van der Waals surface area contributed by atoms with Crippen LogP contribution in [-0.2, 0) is 13.2 Å². The second kappa shape index (κ2) is 5.66. The van der Waals surface area contributed by atoms with Gasteiger partial charge in [0.1, 0.15) is 12.4 Å². The van der Waals surface area contributed by atoms with Gasteiger partial charge in [0.15, 0.2) is 11.5 Å². The second-order valence-corrected chi connectivity index (χ2v) is 5.18. The number of fused-ring (bicyclic) bond motifs is 1. The lowest BCUT2D eigenvalue weighted by atomic mass is 10.1. The Balaban J connectivity index is 1.79. The van der Waals surface area contributed by atoms with Crippen molar-refractivity contribution in [2.75, 3.05) is 6.79 Å². The van der Waals surface area contributed by atoms with E-state index in [4.69, 9.17) is 14.2 Å². The maximum Gasteiger partial charge on any atom is 0.231 e. The Morgan fingerprint density at radius 3 is 2.52 bits per heavy atom. The maximum absolute atomic E-state index is 9.45. The molecule has 2 aromatic rings. The quantitative estimate of drug-likeness (QED) is 0.938. The van der Waals surface area contributed by atoms with Crippen LogP contribution in [0.15, 0.2) is 30.3 Å². The molecule has 110 valence electrons. The van der Waals surface area contributed by atoms with E-state index in [0.29, 0.717) is 29.4 Å². The van der Waals surface area contributed by atoms with Crippen LogP contribution in [0.5, 0.6) is 17.2 Å². The molecule has 0 saturated carbocycles. The van der Waals surface area contributed by atoms with E-state index in [-0.39, 0.29) is 13.4 Å². The predicted octanol–water partition coefficient (Wildman–Crippen LogP) is 3.10. The van der Waals surface area contributed by atoms with Gasteiger partial charge in [-0.3, -0.25) is 0 Å². The van der Waals surface area contributed by atoms with Gasteiger partial charge in [0.05, 0.1) is 6.61 Å². The van der Waals surface area contributed by atoms with Crippen LogP contribution in [0.2, 0.25) is 0 Å². The molecule has 4 nitrogen and oxygen atoms in total. The zero-order chi connectivity index (χ0) is 14.8. The molecule has 1 aliphatic heterocycles. The third-order valence-electron chi connectivity index (χ3n) is 3.69. The lowest BCUT2D eigenvalue weighted by Crippen LogP contribution is -1.99. The molecular formula is C17H18O4. The maximum atomic E-state index is 9.45. The number of rotatable bonds is 4. The fourth-order valence-electron chi connectivity index (χ4n) is 2.28. The summed E-state index contributed by atoms with van der Waals surface area (Å²) in [4.78, 5) is 0. The summed E-state index contributed by atoms with van der Waals surface area (Å²) in [6, 6.07) is 9.78. The Bertz CT molecular complexity index is 664. The van der Waals surface area contributed by atoms with Crippen LogP contribution in [-0.4, -0.2) is 11.9 Å². The van der Waals surface area contributed by atoms with Crippen molar-refractivity contribution in [3.05, 3.63) is 52.6 Å². The topological polar surface area (TPSA) is 47.9 Å². The molecule has 0 aliphatic carbocycles. The van der Waals surface area contributed by atoms with Gasteiger partial charge in [-0.05, 0) is 36.6 Å². The highest BCUT2D eigenvalue weighted by Gasteiger charge is 2.17. The van der Waals surface area contributed by atoms with Crippen molar-refractivity contribution in [1.82, 2.24) is 0 Å². The van der Waals surface area contributed by atoms with Gasteiger partial charge in [0.25, 0.3) is 0 Å². The molecule has 1 aliphatic rings. The summed E-state index contributed by atoms with van der Waals surface area (Å²) in [6.07, 6.45) is 0. The Hall–Kier alpha value is -2.20. The summed E-state index contributed by atoms with van der Waals surface area (Å²) in [5.74, 6) is 1.93. The van der Waals surface area contributed by atoms with E-state index in [0.717, 1.165) is 5.56 Å². The smallest absolute Gasteiger partial charge is 0.231 e. The number of aliphatic hydroxyl groups excluding tert-OH is 1. The molecule has 0 fully saturated rings. The van der Waals surface area contributed by atoms with Crippen LogP contribution in [0.3, 0.4) is 0 Å². The first-order valence-corrected chi connectivity index (χ1v) is 6.89. The molecule has 21 heavy (non-hydrogen) atoms. The molecule has 0 saturated heterocycles. The van der Waals surface area contributed by atoms with Gasteiger partial charge < -0.3 is 19.3 Å². The molecule has 0 atom stereocenters. The minimum absolute atomic E-state index is 0.0983. The van der Waals surface area contributed by atoms with E-state index in [1.165, 1.54) is 11.1 Å². The molecule has 1 heterocycles. The SMILES string of the molecule is Cc1ccc(COc2cc3c(cc2CO)OCO3)cc1C. The van der Waals surface area contributed by atoms with Crippen LogP contribution < -0.4 is 14.2 Å². The Morgan fingerprint density at radius 1 is 1.05 bits per heavy atom. The monoisotopic (exact) mass is 286 g/mol. The molecule has 0 bridgehead atoms. The summed E-state index contributed by atoms with van der Waals surface area (Å²) in [7, 11) is 0. The third-order valence-corrected chi connectivity index (χ3v) is 3.69. The van der Waals surface area contributed by atoms with Gasteiger partial charge in [-0.1, -0.05) is 18.2 Å². The van der Waals surface area contributed by atoms with Crippen LogP contribution in [0.1, 0.15) is 22.3 Å². The van der Waals surface area contributed by atoms with Crippen LogP contribution in [0.4, 0.5) is 0 Å². The number of hydrogen-bond acceptors (Lipinski definition) is 4. The second-order valence-electron chi connectivity index (χ2n) is 5.18. The number of ether oxygens (including phenoxy) is 3. The van der Waals surface area contributed by atoms with E-state index in [1.54, 1.807) is 12.1 Å². The van der Waals surface area contributed by atoms with Crippen molar-refractivity contribution in [3.8, 4) is 17.2 Å². The summed E-state index contributed by atoms with van der Waals surface area (Å²) in [6.45, 7) is 4.73. The Labute approximate surface area is 123 Å². The van der Waals surface area contributed by atoms with E-state index in [2.05, 4.69) is 26.0 Å². The summed E-state index contributed by atoms with van der Waals surface area (Å²) < 4.78 is 16.5. The molecule has 1 N–H and O–H groups in total. The first kappa shape index (κ1) is 13.8. The highest BCUT2D eigenvalue weighted by Crippen LogP contribution is 2.38. The van der Waals surface area contributed by atoms with Gasteiger partial charge in [0.2, 0.25) is 6.79 Å². The molecule has 2 aromatic carbocycles. The largest absolute Gasteiger partial charge is 0.488 e. The first-order chi connectivity index (χ1) is 10.2. The summed E-state index contributed by atoms with van der Waals surface area (Å²) >= 11 is 0. The van der Waals surface area contributed by atoms with E-state index < -0.39 is 0 Å². The average Bonchev–Trinajstić information content (AvgIpc) is 2.94. The Kier molecular flexibility index (Phi) is 3.71. The zero-order valence-electron chi connectivity index (χ0n) is 12.2. The highest BCUT2D eigenvalue weighted by molar-refractivity contribution is 5.51. The number of aliphatic hydroxyl groups is 1. The van der Waals surface area contributed by atoms with Gasteiger partial charge in [-0.15, -0.1) is 0 Å². The standard InChI is InChI=1S/C17H18O4/c1-11-3-4-13(5-12(11)2)9-19-15-7-17-16(20-10-21-17)6-14(15)8-18/h3-7,18H,8-10H2,1-2H3. The van der Waals surface area contributed by atoms with Crippen molar-refractivity contribution >= 4 is 0 Å².